The topological polar surface area (TPSA) is 35.2 Å². The van der Waals surface area contributed by atoms with Gasteiger partial charge in [-0.2, -0.15) is 0 Å². The summed E-state index contributed by atoms with van der Waals surface area (Å²) in [7, 11) is 1.77. The Morgan fingerprint density at radius 2 is 1.94 bits per heavy atom. The number of nitrogens with two attached hydrogens (primary N) is 1. The van der Waals surface area contributed by atoms with Gasteiger partial charge in [-0.05, 0) is 30.4 Å². The van der Waals surface area contributed by atoms with E-state index in [9.17, 15) is 0 Å². The van der Waals surface area contributed by atoms with E-state index in [1.165, 1.54) is 36.8 Å². The Morgan fingerprint density at radius 1 is 1.28 bits per heavy atom. The Bertz CT molecular complexity index is 406. The predicted octanol–water partition coefficient (Wildman–Crippen LogP) is 3.59. The van der Waals surface area contributed by atoms with Crippen LogP contribution in [0.15, 0.2) is 18.2 Å². The molecule has 0 unspecified atom stereocenters. The van der Waals surface area contributed by atoms with Gasteiger partial charge < -0.3 is 10.5 Å². The smallest absolute Gasteiger partial charge is 0.122 e. The molecular formula is C16H25NO. The molecule has 1 aromatic rings. The lowest BCUT2D eigenvalue weighted by Crippen LogP contribution is -2.32. The van der Waals surface area contributed by atoms with Gasteiger partial charge in [0.2, 0.25) is 0 Å². The van der Waals surface area contributed by atoms with Crippen LogP contribution in [0.5, 0.6) is 5.75 Å². The van der Waals surface area contributed by atoms with E-state index < -0.39 is 0 Å². The van der Waals surface area contributed by atoms with E-state index in [4.69, 9.17) is 10.5 Å². The van der Waals surface area contributed by atoms with Crippen LogP contribution in [0.2, 0.25) is 0 Å². The lowest BCUT2D eigenvalue weighted by Gasteiger charge is -2.30. The van der Waals surface area contributed by atoms with Gasteiger partial charge in [-0.15, -0.1) is 0 Å². The molecule has 1 aromatic carbocycles. The maximum absolute atomic E-state index is 6.07. The lowest BCUT2D eigenvalue weighted by molar-refractivity contribution is 0.377. The van der Waals surface area contributed by atoms with Crippen LogP contribution in [0.3, 0.4) is 0 Å². The minimum absolute atomic E-state index is 0.154. The monoisotopic (exact) mass is 247 g/mol. The molecule has 1 saturated carbocycles. The molecule has 0 bridgehead atoms. The van der Waals surface area contributed by atoms with Crippen molar-refractivity contribution in [2.75, 3.05) is 13.7 Å². The van der Waals surface area contributed by atoms with Crippen LogP contribution in [-0.4, -0.2) is 13.7 Å². The molecule has 0 heterocycles. The van der Waals surface area contributed by atoms with E-state index >= 15 is 0 Å². The van der Waals surface area contributed by atoms with Crippen molar-refractivity contribution in [3.8, 4) is 5.75 Å². The molecule has 100 valence electrons. The largest absolute Gasteiger partial charge is 0.496 e. The zero-order valence-electron chi connectivity index (χ0n) is 11.8. The van der Waals surface area contributed by atoms with Crippen molar-refractivity contribution in [3.05, 3.63) is 29.3 Å². The average molecular weight is 247 g/mol. The second-order valence-electron chi connectivity index (χ2n) is 5.81. The fourth-order valence-electron chi connectivity index (χ4n) is 3.14. The van der Waals surface area contributed by atoms with Crippen molar-refractivity contribution >= 4 is 0 Å². The highest BCUT2D eigenvalue weighted by molar-refractivity contribution is 5.44. The summed E-state index contributed by atoms with van der Waals surface area (Å²) in [5.74, 6) is 1.55. The normalized spacial score (nSPS) is 18.3. The molecule has 0 spiro atoms. The third kappa shape index (κ3) is 2.26. The fourth-order valence-corrected chi connectivity index (χ4v) is 3.14. The second-order valence-corrected chi connectivity index (χ2v) is 5.81. The first kappa shape index (κ1) is 13.4. The average Bonchev–Trinajstić information content (AvgIpc) is 2.87. The summed E-state index contributed by atoms with van der Waals surface area (Å²) in [6.07, 6.45) is 4.96. The maximum Gasteiger partial charge on any atom is 0.122 e. The zero-order valence-corrected chi connectivity index (χ0v) is 11.8. The van der Waals surface area contributed by atoms with Crippen LogP contribution >= 0.6 is 0 Å². The SMILES string of the molecule is COc1cc(C(C)C)ccc1C1(CN)CCCC1. The lowest BCUT2D eigenvalue weighted by atomic mass is 9.78. The van der Waals surface area contributed by atoms with E-state index in [1.807, 2.05) is 0 Å². The Labute approximate surface area is 111 Å². The van der Waals surface area contributed by atoms with E-state index in [2.05, 4.69) is 32.0 Å². The van der Waals surface area contributed by atoms with Gasteiger partial charge in [0.05, 0.1) is 7.11 Å². The minimum atomic E-state index is 0.154. The van der Waals surface area contributed by atoms with Crippen LogP contribution in [0.25, 0.3) is 0 Å². The summed E-state index contributed by atoms with van der Waals surface area (Å²) in [6.45, 7) is 5.15. The molecule has 0 aliphatic heterocycles. The highest BCUT2D eigenvalue weighted by Gasteiger charge is 2.36. The number of benzene rings is 1. The summed E-state index contributed by atoms with van der Waals surface area (Å²) in [6, 6.07) is 6.67. The first-order valence-corrected chi connectivity index (χ1v) is 7.01. The molecule has 2 nitrogen and oxygen atoms in total. The van der Waals surface area contributed by atoms with Crippen molar-refractivity contribution in [3.63, 3.8) is 0 Å². The van der Waals surface area contributed by atoms with Gasteiger partial charge in [-0.25, -0.2) is 0 Å². The van der Waals surface area contributed by atoms with Gasteiger partial charge in [0, 0.05) is 17.5 Å². The van der Waals surface area contributed by atoms with Crippen molar-refractivity contribution in [1.82, 2.24) is 0 Å². The summed E-state index contributed by atoms with van der Waals surface area (Å²) in [5, 5.41) is 0. The number of rotatable bonds is 4. The maximum atomic E-state index is 6.07. The highest BCUT2D eigenvalue weighted by Crippen LogP contribution is 2.44. The van der Waals surface area contributed by atoms with Gasteiger partial charge in [-0.3, -0.25) is 0 Å². The first-order chi connectivity index (χ1) is 8.63. The third-order valence-corrected chi connectivity index (χ3v) is 4.41. The number of hydrogen-bond donors (Lipinski definition) is 1. The Hall–Kier alpha value is -1.02. The second kappa shape index (κ2) is 5.31. The van der Waals surface area contributed by atoms with Gasteiger partial charge in [-0.1, -0.05) is 38.8 Å². The molecule has 1 aliphatic carbocycles. The summed E-state index contributed by atoms with van der Waals surface area (Å²) in [4.78, 5) is 0. The molecule has 0 amide bonds. The number of methoxy groups -OCH3 is 1. The Morgan fingerprint density at radius 3 is 2.44 bits per heavy atom. The van der Waals surface area contributed by atoms with Crippen LogP contribution in [0.4, 0.5) is 0 Å². The van der Waals surface area contributed by atoms with Gasteiger partial charge in [0.25, 0.3) is 0 Å². The standard InChI is InChI=1S/C16H25NO/c1-12(2)13-6-7-14(15(10-13)18-3)16(11-17)8-4-5-9-16/h6-7,10,12H,4-5,8-9,11,17H2,1-3H3. The van der Waals surface area contributed by atoms with E-state index in [0.717, 1.165) is 12.3 Å². The molecule has 1 aliphatic rings. The van der Waals surface area contributed by atoms with Crippen molar-refractivity contribution in [2.45, 2.75) is 50.9 Å². The molecule has 2 rings (SSSR count). The Balaban J connectivity index is 2.43. The molecule has 1 fully saturated rings. The predicted molar refractivity (Wildman–Crippen MR) is 76.3 cm³/mol. The first-order valence-electron chi connectivity index (χ1n) is 7.01. The third-order valence-electron chi connectivity index (χ3n) is 4.41. The van der Waals surface area contributed by atoms with E-state index in [1.54, 1.807) is 7.11 Å². The van der Waals surface area contributed by atoms with Crippen LogP contribution in [-0.2, 0) is 5.41 Å². The number of hydrogen-bond acceptors (Lipinski definition) is 2. The molecule has 2 heteroatoms. The quantitative estimate of drug-likeness (QED) is 0.882. The molecule has 2 N–H and O–H groups in total. The summed E-state index contributed by atoms with van der Waals surface area (Å²) < 4.78 is 5.62. The van der Waals surface area contributed by atoms with E-state index in [0.29, 0.717) is 5.92 Å². The molecule has 0 aromatic heterocycles. The summed E-state index contributed by atoms with van der Waals surface area (Å²) >= 11 is 0. The minimum Gasteiger partial charge on any atom is -0.496 e. The number of ether oxygens (including phenoxy) is 1. The van der Waals surface area contributed by atoms with Crippen LogP contribution < -0.4 is 10.5 Å². The highest BCUT2D eigenvalue weighted by atomic mass is 16.5. The molecule has 18 heavy (non-hydrogen) atoms. The van der Waals surface area contributed by atoms with Gasteiger partial charge >= 0.3 is 0 Å². The van der Waals surface area contributed by atoms with E-state index in [-0.39, 0.29) is 5.41 Å². The van der Waals surface area contributed by atoms with Gasteiger partial charge in [0.1, 0.15) is 5.75 Å². The Kier molecular flexibility index (Phi) is 3.96. The van der Waals surface area contributed by atoms with Crippen LogP contribution in [0, 0.1) is 0 Å². The van der Waals surface area contributed by atoms with Crippen LogP contribution in [0.1, 0.15) is 56.6 Å². The molecule has 0 atom stereocenters. The fraction of sp³-hybridized carbons (Fsp3) is 0.625. The van der Waals surface area contributed by atoms with Crippen molar-refractivity contribution < 1.29 is 4.74 Å². The molecule has 0 saturated heterocycles. The van der Waals surface area contributed by atoms with Gasteiger partial charge in [0.15, 0.2) is 0 Å². The van der Waals surface area contributed by atoms with Crippen molar-refractivity contribution in [2.24, 2.45) is 5.73 Å². The van der Waals surface area contributed by atoms with Crippen molar-refractivity contribution in [1.29, 1.82) is 0 Å². The summed E-state index contributed by atoms with van der Waals surface area (Å²) in [5.41, 5.74) is 8.87. The molecular weight excluding hydrogens is 222 g/mol. The molecule has 0 radical (unpaired) electrons. The zero-order chi connectivity index (χ0) is 13.2.